The Morgan fingerprint density at radius 3 is 2.63 bits per heavy atom. The number of rotatable bonds is 5. The van der Waals surface area contributed by atoms with Crippen LogP contribution in [0.4, 0.5) is 15.8 Å². The highest BCUT2D eigenvalue weighted by atomic mass is 19.1. The summed E-state index contributed by atoms with van der Waals surface area (Å²) in [6, 6.07) is 4.19. The van der Waals surface area contributed by atoms with Crippen molar-refractivity contribution in [3.8, 4) is 0 Å². The fraction of sp³-hybridized carbons (Fsp3) is 0.450. The number of carbonyl (C=O) groups is 3. The van der Waals surface area contributed by atoms with Gasteiger partial charge in [-0.15, -0.1) is 0 Å². The summed E-state index contributed by atoms with van der Waals surface area (Å²) in [6.45, 7) is 3.75. The van der Waals surface area contributed by atoms with Crippen LogP contribution in [-0.4, -0.2) is 35.2 Å². The maximum Gasteiger partial charge on any atom is 0.247 e. The SMILES string of the molecule is C=CC(=O)Nc1cc(NC(=O)C2CC(=O)N(C3CCCCC3)C2)ccc1F. The van der Waals surface area contributed by atoms with E-state index >= 15 is 0 Å². The summed E-state index contributed by atoms with van der Waals surface area (Å²) in [6.07, 6.45) is 6.70. The Hall–Kier alpha value is -2.70. The van der Waals surface area contributed by atoms with E-state index in [0.29, 0.717) is 12.2 Å². The molecule has 0 bridgehead atoms. The minimum atomic E-state index is -0.609. The molecule has 1 aromatic carbocycles. The van der Waals surface area contributed by atoms with Crippen LogP contribution in [0, 0.1) is 11.7 Å². The first-order chi connectivity index (χ1) is 13.0. The Morgan fingerprint density at radius 1 is 1.19 bits per heavy atom. The summed E-state index contributed by atoms with van der Waals surface area (Å²) >= 11 is 0. The third-order valence-electron chi connectivity index (χ3n) is 5.22. The number of nitrogens with one attached hydrogen (secondary N) is 2. The van der Waals surface area contributed by atoms with Crippen molar-refractivity contribution < 1.29 is 18.8 Å². The van der Waals surface area contributed by atoms with Crippen molar-refractivity contribution in [3.05, 3.63) is 36.7 Å². The van der Waals surface area contributed by atoms with Gasteiger partial charge >= 0.3 is 0 Å². The molecule has 2 aliphatic rings. The molecule has 1 saturated heterocycles. The van der Waals surface area contributed by atoms with Gasteiger partial charge < -0.3 is 15.5 Å². The summed E-state index contributed by atoms with van der Waals surface area (Å²) in [7, 11) is 0. The largest absolute Gasteiger partial charge is 0.339 e. The lowest BCUT2D eigenvalue weighted by Gasteiger charge is -2.31. The monoisotopic (exact) mass is 373 g/mol. The van der Waals surface area contributed by atoms with E-state index in [2.05, 4.69) is 17.2 Å². The summed E-state index contributed by atoms with van der Waals surface area (Å²) < 4.78 is 13.8. The van der Waals surface area contributed by atoms with E-state index in [9.17, 15) is 18.8 Å². The van der Waals surface area contributed by atoms with Crippen molar-refractivity contribution in [3.63, 3.8) is 0 Å². The highest BCUT2D eigenvalue weighted by molar-refractivity contribution is 6.00. The second kappa shape index (κ2) is 8.33. The lowest BCUT2D eigenvalue weighted by molar-refractivity contribution is -0.130. The summed E-state index contributed by atoms with van der Waals surface area (Å²) in [5, 5.41) is 5.08. The van der Waals surface area contributed by atoms with Crippen LogP contribution in [-0.2, 0) is 14.4 Å². The van der Waals surface area contributed by atoms with Crippen LogP contribution in [0.15, 0.2) is 30.9 Å². The van der Waals surface area contributed by atoms with E-state index in [1.54, 1.807) is 0 Å². The van der Waals surface area contributed by atoms with Gasteiger partial charge in [0.05, 0.1) is 11.6 Å². The molecule has 2 N–H and O–H groups in total. The lowest BCUT2D eigenvalue weighted by Crippen LogP contribution is -2.38. The number of halogens is 1. The molecular weight excluding hydrogens is 349 g/mol. The van der Waals surface area contributed by atoms with Gasteiger partial charge in [0.2, 0.25) is 17.7 Å². The van der Waals surface area contributed by atoms with E-state index < -0.39 is 17.6 Å². The predicted octanol–water partition coefficient (Wildman–Crippen LogP) is 3.07. The van der Waals surface area contributed by atoms with Gasteiger partial charge in [0.25, 0.3) is 0 Å². The first kappa shape index (κ1) is 19.1. The smallest absolute Gasteiger partial charge is 0.247 e. The van der Waals surface area contributed by atoms with Crippen molar-refractivity contribution in [2.24, 2.45) is 5.92 Å². The molecule has 0 radical (unpaired) electrons. The van der Waals surface area contributed by atoms with Gasteiger partial charge in [0, 0.05) is 24.7 Å². The van der Waals surface area contributed by atoms with Gasteiger partial charge in [-0.1, -0.05) is 25.8 Å². The molecule has 1 heterocycles. The maximum atomic E-state index is 13.8. The van der Waals surface area contributed by atoms with Gasteiger partial charge in [0.15, 0.2) is 0 Å². The fourth-order valence-electron chi connectivity index (χ4n) is 3.78. The number of hydrogen-bond acceptors (Lipinski definition) is 3. The third-order valence-corrected chi connectivity index (χ3v) is 5.22. The molecule has 144 valence electrons. The number of nitrogens with zero attached hydrogens (tertiary/aromatic N) is 1. The molecule has 1 aromatic rings. The highest BCUT2D eigenvalue weighted by Gasteiger charge is 2.38. The second-order valence-corrected chi connectivity index (χ2v) is 7.12. The van der Waals surface area contributed by atoms with Crippen molar-refractivity contribution in [1.29, 1.82) is 0 Å². The van der Waals surface area contributed by atoms with E-state index in [1.807, 2.05) is 4.90 Å². The highest BCUT2D eigenvalue weighted by Crippen LogP contribution is 2.29. The molecule has 0 spiro atoms. The number of benzene rings is 1. The van der Waals surface area contributed by atoms with Crippen molar-refractivity contribution in [2.75, 3.05) is 17.2 Å². The normalized spacial score (nSPS) is 20.4. The van der Waals surface area contributed by atoms with Gasteiger partial charge in [0.1, 0.15) is 5.82 Å². The van der Waals surface area contributed by atoms with E-state index in [0.717, 1.165) is 31.8 Å². The second-order valence-electron chi connectivity index (χ2n) is 7.12. The number of amides is 3. The van der Waals surface area contributed by atoms with Crippen LogP contribution in [0.1, 0.15) is 38.5 Å². The number of anilines is 2. The minimum absolute atomic E-state index is 0.0279. The first-order valence-electron chi connectivity index (χ1n) is 9.31. The number of hydrogen-bond donors (Lipinski definition) is 2. The third kappa shape index (κ3) is 4.53. The van der Waals surface area contributed by atoms with Crippen molar-refractivity contribution in [2.45, 2.75) is 44.6 Å². The number of likely N-dealkylation sites (tertiary alicyclic amines) is 1. The average molecular weight is 373 g/mol. The molecule has 0 aromatic heterocycles. The standard InChI is InChI=1S/C20H24FN3O3/c1-2-18(25)23-17-11-14(8-9-16(17)21)22-20(27)13-10-19(26)24(12-13)15-6-4-3-5-7-15/h2,8-9,11,13,15H,1,3-7,10,12H2,(H,22,27)(H,23,25). The quantitative estimate of drug-likeness (QED) is 0.779. The Labute approximate surface area is 157 Å². The zero-order valence-electron chi connectivity index (χ0n) is 15.2. The van der Waals surface area contributed by atoms with Crippen LogP contribution in [0.5, 0.6) is 0 Å². The van der Waals surface area contributed by atoms with E-state index in [1.165, 1.54) is 24.6 Å². The summed E-state index contributed by atoms with van der Waals surface area (Å²) in [4.78, 5) is 38.1. The van der Waals surface area contributed by atoms with Gasteiger partial charge in [-0.3, -0.25) is 14.4 Å². The maximum absolute atomic E-state index is 13.8. The zero-order valence-corrected chi connectivity index (χ0v) is 15.2. The van der Waals surface area contributed by atoms with Crippen LogP contribution in [0.3, 0.4) is 0 Å². The molecule has 2 fully saturated rings. The Bertz CT molecular complexity index is 759. The molecular formula is C20H24FN3O3. The zero-order chi connectivity index (χ0) is 19.4. The molecule has 6 nitrogen and oxygen atoms in total. The van der Waals surface area contributed by atoms with E-state index in [-0.39, 0.29) is 30.0 Å². The summed E-state index contributed by atoms with van der Waals surface area (Å²) in [5.74, 6) is -1.81. The summed E-state index contributed by atoms with van der Waals surface area (Å²) in [5.41, 5.74) is 0.327. The van der Waals surface area contributed by atoms with Crippen LogP contribution in [0.25, 0.3) is 0 Å². The van der Waals surface area contributed by atoms with Crippen LogP contribution in [0.2, 0.25) is 0 Å². The minimum Gasteiger partial charge on any atom is -0.339 e. The van der Waals surface area contributed by atoms with Crippen molar-refractivity contribution >= 4 is 29.1 Å². The number of carbonyl (C=O) groups excluding carboxylic acids is 3. The fourth-order valence-corrected chi connectivity index (χ4v) is 3.78. The topological polar surface area (TPSA) is 78.5 Å². The molecule has 1 aliphatic carbocycles. The van der Waals surface area contributed by atoms with Gasteiger partial charge in [-0.25, -0.2) is 4.39 Å². The molecule has 3 amide bonds. The molecule has 1 unspecified atom stereocenters. The van der Waals surface area contributed by atoms with Gasteiger partial charge in [-0.05, 0) is 37.1 Å². The molecule has 7 heteroatoms. The molecule has 3 rings (SSSR count). The van der Waals surface area contributed by atoms with Crippen molar-refractivity contribution in [1.82, 2.24) is 4.90 Å². The van der Waals surface area contributed by atoms with E-state index in [4.69, 9.17) is 0 Å². The molecule has 1 aliphatic heterocycles. The molecule has 27 heavy (non-hydrogen) atoms. The Kier molecular flexibility index (Phi) is 5.88. The predicted molar refractivity (Wildman–Crippen MR) is 101 cm³/mol. The average Bonchev–Trinajstić information content (AvgIpc) is 3.07. The molecule has 1 saturated carbocycles. The van der Waals surface area contributed by atoms with Gasteiger partial charge in [-0.2, -0.15) is 0 Å². The Morgan fingerprint density at radius 2 is 1.93 bits per heavy atom. The lowest BCUT2D eigenvalue weighted by atomic mass is 9.94. The van der Waals surface area contributed by atoms with Crippen LogP contribution < -0.4 is 10.6 Å². The molecule has 1 atom stereocenters. The first-order valence-corrected chi connectivity index (χ1v) is 9.31. The van der Waals surface area contributed by atoms with Crippen LogP contribution >= 0.6 is 0 Å². The Balaban J connectivity index is 1.63.